The molecule has 0 aromatic heterocycles. The number of fused-ring (bicyclic) bond motifs is 1. The van der Waals surface area contributed by atoms with Crippen LogP contribution < -0.4 is 5.32 Å². The fourth-order valence-electron chi connectivity index (χ4n) is 3.00. The zero-order valence-electron chi connectivity index (χ0n) is 9.85. The van der Waals surface area contributed by atoms with Crippen molar-refractivity contribution in [2.45, 2.75) is 50.5 Å². The first kappa shape index (κ1) is 11.4. The highest BCUT2D eigenvalue weighted by Crippen LogP contribution is 2.54. The lowest BCUT2D eigenvalue weighted by Gasteiger charge is -2.24. The van der Waals surface area contributed by atoms with Gasteiger partial charge < -0.3 is 19.9 Å². The fraction of sp³-hybridized carbons (Fsp3) is 0.917. The van der Waals surface area contributed by atoms with Gasteiger partial charge >= 0.3 is 5.97 Å². The molecule has 5 heteroatoms. The Labute approximate surface area is 100 Å². The average molecular weight is 241 g/mol. The minimum absolute atomic E-state index is 0.0664. The zero-order valence-corrected chi connectivity index (χ0v) is 9.85. The second-order valence-corrected chi connectivity index (χ2v) is 5.49. The van der Waals surface area contributed by atoms with Crippen LogP contribution in [0.1, 0.15) is 32.1 Å². The molecular weight excluding hydrogens is 222 g/mol. The van der Waals surface area contributed by atoms with Crippen molar-refractivity contribution in [3.8, 4) is 0 Å². The predicted molar refractivity (Wildman–Crippen MR) is 59.6 cm³/mol. The summed E-state index contributed by atoms with van der Waals surface area (Å²) >= 11 is 0. The molecule has 2 saturated heterocycles. The molecule has 2 aliphatic heterocycles. The summed E-state index contributed by atoms with van der Waals surface area (Å²) in [6, 6.07) is -0.0446. The number of hydrogen-bond donors (Lipinski definition) is 2. The summed E-state index contributed by atoms with van der Waals surface area (Å²) in [6.45, 7) is 1.43. The standard InChI is InChI=1S/C12H19NO4/c14-11(15)8-5-12(6-9(12)13-8)7-17-10-3-1-2-4-16-10/h8-10,13H,1-7H2,(H,14,15). The molecular formula is C12H19NO4. The first-order valence-electron chi connectivity index (χ1n) is 6.42. The Bertz CT molecular complexity index is 316. The molecule has 2 N–H and O–H groups in total. The van der Waals surface area contributed by atoms with E-state index in [-0.39, 0.29) is 17.7 Å². The summed E-state index contributed by atoms with van der Waals surface area (Å²) < 4.78 is 11.3. The molecule has 0 radical (unpaired) electrons. The van der Waals surface area contributed by atoms with Crippen LogP contribution in [0.2, 0.25) is 0 Å². The number of ether oxygens (including phenoxy) is 2. The highest BCUT2D eigenvalue weighted by atomic mass is 16.7. The van der Waals surface area contributed by atoms with Gasteiger partial charge in [-0.05, 0) is 32.1 Å². The van der Waals surface area contributed by atoms with Crippen LogP contribution in [0.25, 0.3) is 0 Å². The molecule has 1 saturated carbocycles. The molecule has 2 heterocycles. The van der Waals surface area contributed by atoms with Crippen LogP contribution >= 0.6 is 0 Å². The van der Waals surface area contributed by atoms with Crippen molar-refractivity contribution in [1.29, 1.82) is 0 Å². The Kier molecular flexibility index (Phi) is 2.84. The Morgan fingerprint density at radius 1 is 1.47 bits per heavy atom. The van der Waals surface area contributed by atoms with E-state index in [9.17, 15) is 4.79 Å². The number of carboxylic acids is 1. The Balaban J connectivity index is 1.48. The molecule has 0 aromatic carbocycles. The van der Waals surface area contributed by atoms with Gasteiger partial charge in [0.2, 0.25) is 0 Å². The van der Waals surface area contributed by atoms with Gasteiger partial charge in [0.1, 0.15) is 6.04 Å². The van der Waals surface area contributed by atoms with Crippen LogP contribution in [-0.2, 0) is 14.3 Å². The van der Waals surface area contributed by atoms with Gasteiger partial charge in [-0.25, -0.2) is 0 Å². The van der Waals surface area contributed by atoms with Crippen LogP contribution in [0.5, 0.6) is 0 Å². The number of piperidine rings is 1. The van der Waals surface area contributed by atoms with E-state index in [1.165, 1.54) is 0 Å². The third kappa shape index (κ3) is 2.19. The topological polar surface area (TPSA) is 67.8 Å². The van der Waals surface area contributed by atoms with Crippen molar-refractivity contribution in [1.82, 2.24) is 5.32 Å². The number of hydrogen-bond acceptors (Lipinski definition) is 4. The molecule has 3 aliphatic rings. The Morgan fingerprint density at radius 3 is 3.00 bits per heavy atom. The van der Waals surface area contributed by atoms with Crippen molar-refractivity contribution in [2.24, 2.45) is 5.41 Å². The summed E-state index contributed by atoms with van der Waals surface area (Å²) in [4.78, 5) is 10.9. The highest BCUT2D eigenvalue weighted by Gasteiger charge is 2.61. The number of carbonyl (C=O) groups is 1. The van der Waals surface area contributed by atoms with E-state index in [2.05, 4.69) is 5.32 Å². The van der Waals surface area contributed by atoms with E-state index < -0.39 is 5.97 Å². The van der Waals surface area contributed by atoms with E-state index in [0.29, 0.717) is 19.1 Å². The molecule has 4 atom stereocenters. The first-order valence-corrected chi connectivity index (χ1v) is 6.42. The van der Waals surface area contributed by atoms with E-state index in [4.69, 9.17) is 14.6 Å². The van der Waals surface area contributed by atoms with Gasteiger partial charge in [0, 0.05) is 18.1 Å². The van der Waals surface area contributed by atoms with Crippen LogP contribution in [-0.4, -0.2) is 42.7 Å². The van der Waals surface area contributed by atoms with Gasteiger partial charge in [-0.3, -0.25) is 4.79 Å². The minimum atomic E-state index is -0.745. The molecule has 17 heavy (non-hydrogen) atoms. The van der Waals surface area contributed by atoms with Crippen LogP contribution in [0.15, 0.2) is 0 Å². The van der Waals surface area contributed by atoms with Crippen molar-refractivity contribution >= 4 is 5.97 Å². The van der Waals surface area contributed by atoms with E-state index in [0.717, 1.165) is 32.3 Å². The van der Waals surface area contributed by atoms with Gasteiger partial charge in [0.25, 0.3) is 0 Å². The fourth-order valence-corrected chi connectivity index (χ4v) is 3.00. The first-order chi connectivity index (χ1) is 8.20. The molecule has 3 rings (SSSR count). The maximum atomic E-state index is 10.9. The van der Waals surface area contributed by atoms with Crippen molar-refractivity contribution in [3.63, 3.8) is 0 Å². The largest absolute Gasteiger partial charge is 0.480 e. The second kappa shape index (κ2) is 4.23. The Morgan fingerprint density at radius 2 is 2.35 bits per heavy atom. The average Bonchev–Trinajstić information content (AvgIpc) is 2.90. The summed E-state index contributed by atoms with van der Waals surface area (Å²) in [5.41, 5.74) is 0.0733. The lowest BCUT2D eigenvalue weighted by atomic mass is 10.0. The molecule has 0 spiro atoms. The third-order valence-corrected chi connectivity index (χ3v) is 4.20. The second-order valence-electron chi connectivity index (χ2n) is 5.49. The monoisotopic (exact) mass is 241 g/mol. The quantitative estimate of drug-likeness (QED) is 0.759. The molecule has 0 aromatic rings. The number of carboxylic acid groups (broad SMARTS) is 1. The smallest absolute Gasteiger partial charge is 0.320 e. The van der Waals surface area contributed by atoms with E-state index in [1.807, 2.05) is 0 Å². The van der Waals surface area contributed by atoms with Gasteiger partial charge in [-0.2, -0.15) is 0 Å². The Hall–Kier alpha value is -0.650. The molecule has 0 amide bonds. The van der Waals surface area contributed by atoms with E-state index in [1.54, 1.807) is 0 Å². The van der Waals surface area contributed by atoms with Gasteiger partial charge in [0.15, 0.2) is 6.29 Å². The lowest BCUT2D eigenvalue weighted by molar-refractivity contribution is -0.171. The summed E-state index contributed by atoms with van der Waals surface area (Å²) in [5.74, 6) is -0.745. The van der Waals surface area contributed by atoms with E-state index >= 15 is 0 Å². The zero-order chi connectivity index (χ0) is 11.9. The summed E-state index contributed by atoms with van der Waals surface area (Å²) in [6.07, 6.45) is 4.93. The highest BCUT2D eigenvalue weighted by molar-refractivity contribution is 5.74. The molecule has 5 nitrogen and oxygen atoms in total. The van der Waals surface area contributed by atoms with Crippen molar-refractivity contribution in [2.75, 3.05) is 13.2 Å². The van der Waals surface area contributed by atoms with Crippen LogP contribution in [0.4, 0.5) is 0 Å². The summed E-state index contributed by atoms with van der Waals surface area (Å²) in [5, 5.41) is 12.1. The van der Waals surface area contributed by atoms with Gasteiger partial charge in [-0.15, -0.1) is 0 Å². The van der Waals surface area contributed by atoms with Crippen LogP contribution in [0.3, 0.4) is 0 Å². The predicted octanol–water partition coefficient (Wildman–Crippen LogP) is 0.735. The van der Waals surface area contributed by atoms with Crippen molar-refractivity contribution < 1.29 is 19.4 Å². The SMILES string of the molecule is O=C(O)C1CC2(COC3CCCCO3)CC2N1. The maximum Gasteiger partial charge on any atom is 0.320 e. The van der Waals surface area contributed by atoms with Gasteiger partial charge in [-0.1, -0.05) is 0 Å². The molecule has 96 valence electrons. The number of nitrogens with one attached hydrogen (secondary N) is 1. The van der Waals surface area contributed by atoms with Gasteiger partial charge in [0.05, 0.1) is 6.61 Å². The minimum Gasteiger partial charge on any atom is -0.480 e. The summed E-state index contributed by atoms with van der Waals surface area (Å²) in [7, 11) is 0. The number of aliphatic carboxylic acids is 1. The maximum absolute atomic E-state index is 10.9. The van der Waals surface area contributed by atoms with Crippen molar-refractivity contribution in [3.05, 3.63) is 0 Å². The molecule has 1 aliphatic carbocycles. The molecule has 3 fully saturated rings. The molecule has 0 bridgehead atoms. The third-order valence-electron chi connectivity index (χ3n) is 4.20. The number of rotatable bonds is 4. The molecule has 4 unspecified atom stereocenters. The lowest BCUT2D eigenvalue weighted by Crippen LogP contribution is -2.33. The van der Waals surface area contributed by atoms with Crippen LogP contribution in [0, 0.1) is 5.41 Å². The normalized spacial score (nSPS) is 44.4.